The van der Waals surface area contributed by atoms with Crippen LogP contribution in [0.1, 0.15) is 25.7 Å². The van der Waals surface area contributed by atoms with E-state index in [-0.39, 0.29) is 17.9 Å². The monoisotopic (exact) mass is 324 g/mol. The molecule has 7 heteroatoms. The minimum absolute atomic E-state index is 0.0698. The largest absolute Gasteiger partial charge is 0.376 e. The molecule has 23 heavy (non-hydrogen) atoms. The van der Waals surface area contributed by atoms with Gasteiger partial charge in [0.2, 0.25) is 11.8 Å². The van der Waals surface area contributed by atoms with Gasteiger partial charge in [-0.15, -0.1) is 0 Å². The van der Waals surface area contributed by atoms with Gasteiger partial charge < -0.3 is 15.4 Å². The van der Waals surface area contributed by atoms with Gasteiger partial charge in [-0.2, -0.15) is 0 Å². The van der Waals surface area contributed by atoms with E-state index in [1.54, 1.807) is 0 Å². The molecule has 0 aromatic rings. The van der Waals surface area contributed by atoms with Gasteiger partial charge in [-0.25, -0.2) is 0 Å². The molecule has 0 radical (unpaired) electrons. The van der Waals surface area contributed by atoms with Gasteiger partial charge >= 0.3 is 0 Å². The van der Waals surface area contributed by atoms with E-state index in [4.69, 9.17) is 4.74 Å². The molecule has 0 aromatic carbocycles. The molecule has 2 N–H and O–H groups in total. The van der Waals surface area contributed by atoms with Crippen LogP contribution in [0.15, 0.2) is 0 Å². The molecule has 7 nitrogen and oxygen atoms in total. The van der Waals surface area contributed by atoms with Crippen molar-refractivity contribution in [2.24, 2.45) is 0 Å². The van der Waals surface area contributed by atoms with Crippen LogP contribution in [0.25, 0.3) is 0 Å². The summed E-state index contributed by atoms with van der Waals surface area (Å²) in [7, 11) is 0. The molecule has 0 aromatic heterocycles. The van der Waals surface area contributed by atoms with E-state index in [9.17, 15) is 9.59 Å². The summed E-state index contributed by atoms with van der Waals surface area (Å²) in [6, 6.07) is 0.427. The van der Waals surface area contributed by atoms with E-state index in [2.05, 4.69) is 20.4 Å². The summed E-state index contributed by atoms with van der Waals surface area (Å²) in [5.41, 5.74) is 0. The van der Waals surface area contributed by atoms with Crippen molar-refractivity contribution in [2.75, 3.05) is 52.4 Å². The molecule has 2 saturated heterocycles. The first-order chi connectivity index (χ1) is 11.2. The van der Waals surface area contributed by atoms with Crippen LogP contribution in [0, 0.1) is 0 Å². The highest BCUT2D eigenvalue weighted by atomic mass is 16.5. The summed E-state index contributed by atoms with van der Waals surface area (Å²) in [6.45, 7) is 5.73. The second kappa shape index (κ2) is 8.08. The highest BCUT2D eigenvalue weighted by Gasteiger charge is 2.25. The smallest absolute Gasteiger partial charge is 0.234 e. The third-order valence-electron chi connectivity index (χ3n) is 4.69. The number of amides is 2. The Morgan fingerprint density at radius 3 is 2.17 bits per heavy atom. The fourth-order valence-corrected chi connectivity index (χ4v) is 3.10. The summed E-state index contributed by atoms with van der Waals surface area (Å²) in [5, 5.41) is 5.98. The van der Waals surface area contributed by atoms with Gasteiger partial charge in [0, 0.05) is 45.4 Å². The molecule has 3 rings (SSSR count). The van der Waals surface area contributed by atoms with E-state index in [0.29, 0.717) is 25.7 Å². The van der Waals surface area contributed by atoms with Gasteiger partial charge in [-0.3, -0.25) is 19.4 Å². The van der Waals surface area contributed by atoms with Gasteiger partial charge in [-0.1, -0.05) is 0 Å². The average Bonchev–Trinajstić information content (AvgIpc) is 3.18. The molecule has 3 fully saturated rings. The summed E-state index contributed by atoms with van der Waals surface area (Å²) in [6.07, 6.45) is 4.58. The molecule has 2 amide bonds. The van der Waals surface area contributed by atoms with Crippen LogP contribution in [0.2, 0.25) is 0 Å². The number of rotatable bonds is 7. The van der Waals surface area contributed by atoms with Crippen LogP contribution in [0.4, 0.5) is 0 Å². The summed E-state index contributed by atoms with van der Waals surface area (Å²) >= 11 is 0. The van der Waals surface area contributed by atoms with Crippen molar-refractivity contribution < 1.29 is 14.3 Å². The van der Waals surface area contributed by atoms with E-state index in [1.807, 2.05) is 0 Å². The first-order valence-corrected chi connectivity index (χ1v) is 8.81. The Morgan fingerprint density at radius 1 is 0.957 bits per heavy atom. The Morgan fingerprint density at radius 2 is 1.61 bits per heavy atom. The molecule has 0 bridgehead atoms. The van der Waals surface area contributed by atoms with Crippen LogP contribution < -0.4 is 10.6 Å². The van der Waals surface area contributed by atoms with Crippen molar-refractivity contribution in [3.63, 3.8) is 0 Å². The zero-order valence-corrected chi connectivity index (χ0v) is 13.8. The lowest BCUT2D eigenvalue weighted by Crippen LogP contribution is -2.52. The quantitative estimate of drug-likeness (QED) is 0.640. The van der Waals surface area contributed by atoms with E-state index >= 15 is 0 Å². The normalized spacial score (nSPS) is 26.2. The predicted octanol–water partition coefficient (Wildman–Crippen LogP) is -0.822. The number of carbonyl (C=O) groups is 2. The molecular formula is C16H28N4O3. The third kappa shape index (κ3) is 5.75. The van der Waals surface area contributed by atoms with Crippen molar-refractivity contribution in [3.05, 3.63) is 0 Å². The molecule has 0 unspecified atom stereocenters. The molecule has 3 aliphatic rings. The van der Waals surface area contributed by atoms with Crippen molar-refractivity contribution in [3.8, 4) is 0 Å². The molecular weight excluding hydrogens is 296 g/mol. The van der Waals surface area contributed by atoms with Crippen LogP contribution in [-0.4, -0.2) is 86.2 Å². The van der Waals surface area contributed by atoms with Crippen molar-refractivity contribution >= 4 is 11.8 Å². The average molecular weight is 324 g/mol. The van der Waals surface area contributed by atoms with Crippen LogP contribution in [0.3, 0.4) is 0 Å². The summed E-state index contributed by atoms with van der Waals surface area (Å²) < 4.78 is 5.50. The minimum Gasteiger partial charge on any atom is -0.376 e. The Bertz CT molecular complexity index is 414. The van der Waals surface area contributed by atoms with Gasteiger partial charge in [0.1, 0.15) is 0 Å². The Kier molecular flexibility index (Phi) is 5.85. The van der Waals surface area contributed by atoms with Crippen LogP contribution in [0.5, 0.6) is 0 Å². The standard InChI is InChI=1S/C16H28N4O3/c21-15(17-10-14-2-1-9-23-14)11-19-5-7-20(8-6-19)12-16(22)18-13-3-4-13/h13-14H,1-12H2,(H,17,21)(H,18,22)/t14-/m1/s1. The second-order valence-electron chi connectivity index (χ2n) is 6.83. The molecule has 2 heterocycles. The predicted molar refractivity (Wildman–Crippen MR) is 86.0 cm³/mol. The van der Waals surface area contributed by atoms with E-state index < -0.39 is 0 Å². The topological polar surface area (TPSA) is 73.9 Å². The maximum atomic E-state index is 12.0. The maximum absolute atomic E-state index is 12.0. The highest BCUT2D eigenvalue weighted by Crippen LogP contribution is 2.18. The van der Waals surface area contributed by atoms with Crippen LogP contribution >= 0.6 is 0 Å². The lowest BCUT2D eigenvalue weighted by atomic mass is 10.2. The molecule has 1 aliphatic carbocycles. The summed E-state index contributed by atoms with van der Waals surface area (Å²) in [5.74, 6) is 0.204. The second-order valence-corrected chi connectivity index (χ2v) is 6.83. The Balaban J connectivity index is 1.27. The lowest BCUT2D eigenvalue weighted by Gasteiger charge is -2.33. The van der Waals surface area contributed by atoms with Crippen molar-refractivity contribution in [2.45, 2.75) is 37.8 Å². The fraction of sp³-hybridized carbons (Fsp3) is 0.875. The van der Waals surface area contributed by atoms with Gasteiger partial charge in [0.15, 0.2) is 0 Å². The van der Waals surface area contributed by atoms with Crippen LogP contribution in [-0.2, 0) is 14.3 Å². The third-order valence-corrected chi connectivity index (χ3v) is 4.69. The number of nitrogens with zero attached hydrogens (tertiary/aromatic N) is 2. The molecule has 2 aliphatic heterocycles. The first kappa shape index (κ1) is 16.7. The van der Waals surface area contributed by atoms with E-state index in [0.717, 1.165) is 58.5 Å². The van der Waals surface area contributed by atoms with Gasteiger partial charge in [-0.05, 0) is 25.7 Å². The zero-order valence-electron chi connectivity index (χ0n) is 13.8. The van der Waals surface area contributed by atoms with Gasteiger partial charge in [0.05, 0.1) is 19.2 Å². The number of ether oxygens (including phenoxy) is 1. The Labute approximate surface area is 137 Å². The summed E-state index contributed by atoms with van der Waals surface area (Å²) in [4.78, 5) is 28.1. The fourth-order valence-electron chi connectivity index (χ4n) is 3.10. The number of nitrogens with one attached hydrogen (secondary N) is 2. The van der Waals surface area contributed by atoms with Crippen molar-refractivity contribution in [1.82, 2.24) is 20.4 Å². The van der Waals surface area contributed by atoms with E-state index in [1.165, 1.54) is 0 Å². The van der Waals surface area contributed by atoms with Gasteiger partial charge in [0.25, 0.3) is 0 Å². The number of carbonyl (C=O) groups excluding carboxylic acids is 2. The highest BCUT2D eigenvalue weighted by molar-refractivity contribution is 5.79. The first-order valence-electron chi connectivity index (χ1n) is 8.81. The number of hydrogen-bond donors (Lipinski definition) is 2. The molecule has 1 saturated carbocycles. The number of piperazine rings is 1. The molecule has 1 atom stereocenters. The zero-order chi connectivity index (χ0) is 16.1. The molecule has 0 spiro atoms. The SMILES string of the molecule is O=C(CN1CCN(CC(=O)NC2CC2)CC1)NC[C@H]1CCCO1. The number of hydrogen-bond acceptors (Lipinski definition) is 5. The van der Waals surface area contributed by atoms with Crippen molar-refractivity contribution in [1.29, 1.82) is 0 Å². The molecule has 130 valence electrons. The Hall–Kier alpha value is -1.18. The minimum atomic E-state index is 0.0698. The lowest BCUT2D eigenvalue weighted by molar-refractivity contribution is -0.125. The maximum Gasteiger partial charge on any atom is 0.234 e.